The van der Waals surface area contributed by atoms with E-state index in [0.29, 0.717) is 73.6 Å². The number of esters is 2. The van der Waals surface area contributed by atoms with Gasteiger partial charge in [0, 0.05) is 16.7 Å². The highest BCUT2D eigenvalue weighted by atomic mass is 19.3. The molecular weight excluding hydrogens is 678 g/mol. The van der Waals surface area contributed by atoms with Gasteiger partial charge in [0.15, 0.2) is 11.5 Å². The Morgan fingerprint density at radius 3 is 1.55 bits per heavy atom. The van der Waals surface area contributed by atoms with E-state index in [2.05, 4.69) is 24.6 Å². The number of alkyl halides is 4. The Morgan fingerprint density at radius 1 is 0.686 bits per heavy atom. The monoisotopic (exact) mass is 718 g/mol. The van der Waals surface area contributed by atoms with Crippen LogP contribution in [-0.2, 0) is 53.6 Å². The summed E-state index contributed by atoms with van der Waals surface area (Å²) in [6.07, 6.45) is -2.90. The van der Waals surface area contributed by atoms with Crippen LogP contribution in [0.5, 0.6) is 0 Å². The Labute approximate surface area is 293 Å². The predicted molar refractivity (Wildman–Crippen MR) is 177 cm³/mol. The fourth-order valence-electron chi connectivity index (χ4n) is 4.74. The normalized spacial score (nSPS) is 12.8. The van der Waals surface area contributed by atoms with Gasteiger partial charge in [-0.15, -0.1) is 0 Å². The molecule has 274 valence electrons. The van der Waals surface area contributed by atoms with Crippen LogP contribution in [0.2, 0.25) is 0 Å². The highest BCUT2D eigenvalue weighted by Crippen LogP contribution is 2.38. The second kappa shape index (κ2) is 18.4. The maximum atomic E-state index is 15.0. The zero-order chi connectivity index (χ0) is 37.8. The summed E-state index contributed by atoms with van der Waals surface area (Å²) in [7, 11) is 0. The lowest BCUT2D eigenvalue weighted by Crippen LogP contribution is -2.21. The number of carbonyl (C=O) groups excluding carboxylic acids is 2. The van der Waals surface area contributed by atoms with E-state index >= 15 is 8.78 Å². The summed E-state index contributed by atoms with van der Waals surface area (Å²) in [5.74, 6) is -4.58. The molecule has 0 aromatic heterocycles. The Hall–Kier alpha value is -4.92. The molecule has 6 nitrogen and oxygen atoms in total. The molecule has 12 heteroatoms. The summed E-state index contributed by atoms with van der Waals surface area (Å²) in [5.41, 5.74) is 3.72. The van der Waals surface area contributed by atoms with Gasteiger partial charge >= 0.3 is 24.2 Å². The average molecular weight is 719 g/mol. The summed E-state index contributed by atoms with van der Waals surface area (Å²) in [6, 6.07) is 6.45. The number of hydrogen-bond donors (Lipinski definition) is 0. The molecule has 2 aromatic rings. The Morgan fingerprint density at radius 2 is 1.14 bits per heavy atom. The van der Waals surface area contributed by atoms with E-state index in [1.165, 1.54) is 32.9 Å². The van der Waals surface area contributed by atoms with Crippen molar-refractivity contribution in [2.24, 2.45) is 0 Å². The van der Waals surface area contributed by atoms with Crippen molar-refractivity contribution < 1.29 is 54.9 Å². The van der Waals surface area contributed by atoms with Gasteiger partial charge in [0.25, 0.3) is 0 Å². The van der Waals surface area contributed by atoms with Crippen molar-refractivity contribution >= 4 is 11.9 Å². The molecule has 1 aliphatic rings. The Balaban J connectivity index is 1.58. The van der Waals surface area contributed by atoms with Crippen molar-refractivity contribution in [2.45, 2.75) is 84.4 Å². The van der Waals surface area contributed by atoms with E-state index < -0.39 is 58.4 Å². The van der Waals surface area contributed by atoms with E-state index in [-0.39, 0.29) is 18.8 Å². The quantitative estimate of drug-likeness (QED) is 0.0447. The number of allylic oxidation sites excluding steroid dienone is 2. The highest BCUT2D eigenvalue weighted by Gasteiger charge is 2.40. The number of hydrogen-bond acceptors (Lipinski definition) is 6. The van der Waals surface area contributed by atoms with Gasteiger partial charge in [-0.05, 0) is 125 Å². The van der Waals surface area contributed by atoms with Crippen LogP contribution < -0.4 is 0 Å². The number of carbonyl (C=O) groups is 2. The number of unbranched alkanes of at least 4 members (excludes halogenated alkanes) is 4. The van der Waals surface area contributed by atoms with Crippen molar-refractivity contribution in [1.29, 1.82) is 0 Å². The maximum absolute atomic E-state index is 15.0. The Bertz CT molecular complexity index is 1760. The second-order valence-corrected chi connectivity index (χ2v) is 12.1. The largest absolute Gasteiger partial charge is 0.462 e. The number of ether oxygens (including phenoxy) is 4. The summed E-state index contributed by atoms with van der Waals surface area (Å²) in [5, 5.41) is 0. The van der Waals surface area contributed by atoms with Crippen LogP contribution in [0.1, 0.15) is 81.5 Å². The minimum Gasteiger partial charge on any atom is -0.462 e. The lowest BCUT2D eigenvalue weighted by atomic mass is 10.0. The van der Waals surface area contributed by atoms with Gasteiger partial charge in [0.05, 0.1) is 24.3 Å². The first-order chi connectivity index (χ1) is 24.0. The van der Waals surface area contributed by atoms with Crippen molar-refractivity contribution in [2.75, 3.05) is 13.2 Å². The van der Waals surface area contributed by atoms with E-state index in [1.807, 2.05) is 0 Å². The van der Waals surface area contributed by atoms with Gasteiger partial charge in [0.1, 0.15) is 11.6 Å². The molecule has 0 amide bonds. The van der Waals surface area contributed by atoms with Crippen LogP contribution in [0.15, 0.2) is 95.3 Å². The zero-order valence-electron chi connectivity index (χ0n) is 28.7. The van der Waals surface area contributed by atoms with Gasteiger partial charge < -0.3 is 18.9 Å². The third kappa shape index (κ3) is 12.4. The van der Waals surface area contributed by atoms with Crippen molar-refractivity contribution in [3.05, 3.63) is 129 Å². The molecule has 0 fully saturated rings. The molecule has 51 heavy (non-hydrogen) atoms. The number of halogens is 6. The standard InChI is InChI=1S/C39H40F6O6/c1-25(2)36(46)48-20-10-6-8-12-28-14-17-31(33(40)23-28)38(42,43)50-30-16-19-35(27(5)22-30)51-39(44,45)32-18-15-29(24-34(32)41)13-9-7-11-21-49-37(47)26(3)4/h14-15,17-18,22-24H,1,3,6-13,20-21H2,2,4-5H3. The molecule has 2 aromatic carbocycles. The second-order valence-electron chi connectivity index (χ2n) is 12.1. The highest BCUT2D eigenvalue weighted by molar-refractivity contribution is 5.87. The summed E-state index contributed by atoms with van der Waals surface area (Å²) in [4.78, 5) is 22.8. The van der Waals surface area contributed by atoms with E-state index in [9.17, 15) is 27.2 Å². The molecule has 0 saturated heterocycles. The van der Waals surface area contributed by atoms with E-state index in [4.69, 9.17) is 18.9 Å². The number of benzene rings is 2. The van der Waals surface area contributed by atoms with Gasteiger partial charge in [-0.2, -0.15) is 17.6 Å². The SMILES string of the molecule is C=C(C)C(=O)OCCCCCc1ccc(C(F)(F)OC2=C=C=C(OC(F)(F)c3ccc(CCCCCOC(=O)C(=C)C)cc3F)C(C)=C2)c(F)c1. The third-order valence-corrected chi connectivity index (χ3v) is 7.55. The molecule has 0 bridgehead atoms. The molecule has 0 heterocycles. The summed E-state index contributed by atoms with van der Waals surface area (Å²) < 4.78 is 109. The smallest absolute Gasteiger partial charge is 0.430 e. The van der Waals surface area contributed by atoms with Crippen molar-refractivity contribution in [1.82, 2.24) is 0 Å². The summed E-state index contributed by atoms with van der Waals surface area (Å²) in [6.45, 7) is 11.7. The third-order valence-electron chi connectivity index (χ3n) is 7.55. The minimum atomic E-state index is -4.15. The number of aryl methyl sites for hydroxylation is 2. The predicted octanol–water partition coefficient (Wildman–Crippen LogP) is 9.94. The maximum Gasteiger partial charge on any atom is 0.430 e. The van der Waals surface area contributed by atoms with Crippen LogP contribution in [0.25, 0.3) is 0 Å². The minimum absolute atomic E-state index is 0.101. The molecular formula is C39H40F6O6. The topological polar surface area (TPSA) is 71.1 Å². The average Bonchev–Trinajstić information content (AvgIpc) is 3.04. The fourth-order valence-corrected chi connectivity index (χ4v) is 4.74. The molecule has 0 spiro atoms. The van der Waals surface area contributed by atoms with E-state index in [1.54, 1.807) is 0 Å². The molecule has 0 radical (unpaired) electrons. The van der Waals surface area contributed by atoms with Crippen molar-refractivity contribution in [3.63, 3.8) is 0 Å². The van der Waals surface area contributed by atoms with E-state index in [0.717, 1.165) is 30.3 Å². The molecule has 0 atom stereocenters. The molecule has 1 aliphatic carbocycles. The fraction of sp³-hybridized carbons (Fsp3) is 0.385. The molecule has 3 rings (SSSR count). The Kier molecular flexibility index (Phi) is 14.6. The van der Waals surface area contributed by atoms with Gasteiger partial charge in [-0.1, -0.05) is 25.3 Å². The van der Waals surface area contributed by atoms with Crippen LogP contribution in [0.4, 0.5) is 26.3 Å². The zero-order valence-corrected chi connectivity index (χ0v) is 28.7. The molecule has 0 N–H and O–H groups in total. The first-order valence-corrected chi connectivity index (χ1v) is 16.3. The first kappa shape index (κ1) is 40.5. The van der Waals surface area contributed by atoms with Crippen molar-refractivity contribution in [3.8, 4) is 0 Å². The molecule has 0 unspecified atom stereocenters. The first-order valence-electron chi connectivity index (χ1n) is 16.3. The lowest BCUT2D eigenvalue weighted by molar-refractivity contribution is -0.226. The summed E-state index contributed by atoms with van der Waals surface area (Å²) >= 11 is 0. The molecule has 0 aliphatic heterocycles. The van der Waals surface area contributed by atoms with Crippen LogP contribution in [0, 0.1) is 11.6 Å². The van der Waals surface area contributed by atoms with Crippen LogP contribution >= 0.6 is 0 Å². The number of rotatable bonds is 20. The van der Waals surface area contributed by atoms with Gasteiger partial charge in [-0.25, -0.2) is 18.4 Å². The van der Waals surface area contributed by atoms with Crippen LogP contribution in [-0.4, -0.2) is 25.2 Å². The lowest BCUT2D eigenvalue weighted by Gasteiger charge is -2.22. The van der Waals surface area contributed by atoms with Gasteiger partial charge in [0.2, 0.25) is 0 Å². The van der Waals surface area contributed by atoms with Crippen LogP contribution in [0.3, 0.4) is 0 Å². The molecule has 0 saturated carbocycles. The van der Waals surface area contributed by atoms with Gasteiger partial charge in [-0.3, -0.25) is 0 Å².